The number of nitrogens with one attached hydrogen (secondary N) is 2. The summed E-state index contributed by atoms with van der Waals surface area (Å²) in [6, 6.07) is 5.40. The molecule has 0 bridgehead atoms. The first-order valence-corrected chi connectivity index (χ1v) is 7.56. The Morgan fingerprint density at radius 3 is 2.81 bits per heavy atom. The van der Waals surface area contributed by atoms with E-state index in [4.69, 9.17) is 0 Å². The highest BCUT2D eigenvalue weighted by Crippen LogP contribution is 2.09. The van der Waals surface area contributed by atoms with E-state index in [9.17, 15) is 9.18 Å². The lowest BCUT2D eigenvalue weighted by atomic mass is 10.1. The van der Waals surface area contributed by atoms with Gasteiger partial charge in [0.2, 0.25) is 5.91 Å². The predicted octanol–water partition coefficient (Wildman–Crippen LogP) is 1.43. The molecule has 4 nitrogen and oxygen atoms in total. The molecule has 0 spiro atoms. The number of hydrogen-bond donors (Lipinski definition) is 2. The standard InChI is InChI=1S/C16H24FN3O/c1-3-6-20(14-9-18-10-14)11-16(21)19-8-13-4-5-15(17)12(2)7-13/h4-5,7,14,18H,3,6,8-11H2,1-2H3,(H,19,21). The predicted molar refractivity (Wildman–Crippen MR) is 81.5 cm³/mol. The average Bonchev–Trinajstić information content (AvgIpc) is 2.38. The molecular formula is C16H24FN3O. The second-order valence-electron chi connectivity index (χ2n) is 5.64. The summed E-state index contributed by atoms with van der Waals surface area (Å²) in [6.07, 6.45) is 1.04. The summed E-state index contributed by atoms with van der Waals surface area (Å²) in [5.41, 5.74) is 1.53. The van der Waals surface area contributed by atoms with E-state index in [1.165, 1.54) is 6.07 Å². The Kier molecular flexibility index (Phi) is 5.70. The zero-order chi connectivity index (χ0) is 15.2. The van der Waals surface area contributed by atoms with Gasteiger partial charge in [-0.15, -0.1) is 0 Å². The average molecular weight is 293 g/mol. The molecule has 2 rings (SSSR count). The van der Waals surface area contributed by atoms with Crippen molar-refractivity contribution in [3.8, 4) is 0 Å². The van der Waals surface area contributed by atoms with Crippen LogP contribution < -0.4 is 10.6 Å². The van der Waals surface area contributed by atoms with Crippen LogP contribution in [0.3, 0.4) is 0 Å². The molecule has 0 aromatic heterocycles. The molecule has 1 heterocycles. The van der Waals surface area contributed by atoms with Gasteiger partial charge in [-0.05, 0) is 37.1 Å². The monoisotopic (exact) mass is 293 g/mol. The largest absolute Gasteiger partial charge is 0.351 e. The topological polar surface area (TPSA) is 44.4 Å². The Hall–Kier alpha value is -1.46. The summed E-state index contributed by atoms with van der Waals surface area (Å²) in [5.74, 6) is -0.186. The third-order valence-corrected chi connectivity index (χ3v) is 3.85. The maximum atomic E-state index is 13.2. The highest BCUT2D eigenvalue weighted by molar-refractivity contribution is 5.78. The van der Waals surface area contributed by atoms with Crippen LogP contribution in [0.25, 0.3) is 0 Å². The molecule has 1 aromatic rings. The molecule has 0 aliphatic carbocycles. The molecule has 0 atom stereocenters. The van der Waals surface area contributed by atoms with E-state index in [0.29, 0.717) is 24.7 Å². The van der Waals surface area contributed by atoms with Gasteiger partial charge >= 0.3 is 0 Å². The van der Waals surface area contributed by atoms with Crippen LogP contribution in [0.2, 0.25) is 0 Å². The Morgan fingerprint density at radius 1 is 1.48 bits per heavy atom. The molecular weight excluding hydrogens is 269 g/mol. The lowest BCUT2D eigenvalue weighted by Gasteiger charge is -2.37. The van der Waals surface area contributed by atoms with E-state index >= 15 is 0 Å². The third kappa shape index (κ3) is 4.51. The summed E-state index contributed by atoms with van der Waals surface area (Å²) < 4.78 is 13.2. The summed E-state index contributed by atoms with van der Waals surface area (Å²) in [4.78, 5) is 14.3. The van der Waals surface area contributed by atoms with E-state index < -0.39 is 0 Å². The van der Waals surface area contributed by atoms with Crippen LogP contribution in [0.4, 0.5) is 4.39 Å². The van der Waals surface area contributed by atoms with Gasteiger partial charge in [0.25, 0.3) is 0 Å². The zero-order valence-electron chi connectivity index (χ0n) is 12.8. The van der Waals surface area contributed by atoms with Crippen molar-refractivity contribution in [3.63, 3.8) is 0 Å². The first kappa shape index (κ1) is 15.9. The maximum Gasteiger partial charge on any atom is 0.234 e. The number of hydrogen-bond acceptors (Lipinski definition) is 3. The fraction of sp³-hybridized carbons (Fsp3) is 0.562. The van der Waals surface area contributed by atoms with Crippen LogP contribution in [0.1, 0.15) is 24.5 Å². The SMILES string of the molecule is CCCN(CC(=O)NCc1ccc(F)c(C)c1)C1CNC1. The van der Waals surface area contributed by atoms with Crippen molar-refractivity contribution < 1.29 is 9.18 Å². The molecule has 0 saturated carbocycles. The number of amides is 1. The molecule has 2 N–H and O–H groups in total. The molecule has 5 heteroatoms. The summed E-state index contributed by atoms with van der Waals surface area (Å²) in [7, 11) is 0. The van der Waals surface area contributed by atoms with Crippen molar-refractivity contribution in [1.29, 1.82) is 0 Å². The molecule has 1 fully saturated rings. The first-order valence-electron chi connectivity index (χ1n) is 7.56. The van der Waals surface area contributed by atoms with Gasteiger partial charge in [-0.3, -0.25) is 9.69 Å². The molecule has 1 aromatic carbocycles. The molecule has 21 heavy (non-hydrogen) atoms. The van der Waals surface area contributed by atoms with Crippen LogP contribution in [0, 0.1) is 12.7 Å². The normalized spacial score (nSPS) is 15.0. The van der Waals surface area contributed by atoms with Gasteiger partial charge in [0, 0.05) is 25.7 Å². The van der Waals surface area contributed by atoms with Crippen molar-refractivity contribution in [2.24, 2.45) is 0 Å². The molecule has 0 radical (unpaired) electrons. The summed E-state index contributed by atoms with van der Waals surface area (Å²) in [5, 5.41) is 6.15. The minimum absolute atomic E-state index is 0.0253. The van der Waals surface area contributed by atoms with Gasteiger partial charge in [0.1, 0.15) is 5.82 Å². The van der Waals surface area contributed by atoms with Gasteiger partial charge in [-0.25, -0.2) is 4.39 Å². The maximum absolute atomic E-state index is 13.2. The van der Waals surface area contributed by atoms with E-state index in [1.807, 2.05) is 0 Å². The van der Waals surface area contributed by atoms with Crippen molar-refractivity contribution >= 4 is 5.91 Å². The fourth-order valence-electron chi connectivity index (χ4n) is 2.47. The van der Waals surface area contributed by atoms with Crippen LogP contribution in [-0.4, -0.2) is 43.0 Å². The number of benzene rings is 1. The smallest absolute Gasteiger partial charge is 0.234 e. The van der Waals surface area contributed by atoms with Crippen molar-refractivity contribution in [2.45, 2.75) is 32.9 Å². The van der Waals surface area contributed by atoms with E-state index in [-0.39, 0.29) is 11.7 Å². The highest BCUT2D eigenvalue weighted by Gasteiger charge is 2.25. The number of carbonyl (C=O) groups is 1. The van der Waals surface area contributed by atoms with Crippen molar-refractivity contribution in [1.82, 2.24) is 15.5 Å². The van der Waals surface area contributed by atoms with Gasteiger partial charge < -0.3 is 10.6 Å². The Morgan fingerprint density at radius 2 is 2.24 bits per heavy atom. The molecule has 116 valence electrons. The van der Waals surface area contributed by atoms with Gasteiger partial charge in [0.05, 0.1) is 6.54 Å². The van der Waals surface area contributed by atoms with Crippen LogP contribution in [0.5, 0.6) is 0 Å². The third-order valence-electron chi connectivity index (χ3n) is 3.85. The lowest BCUT2D eigenvalue weighted by molar-refractivity contribution is -0.123. The lowest BCUT2D eigenvalue weighted by Crippen LogP contribution is -2.59. The Balaban J connectivity index is 1.81. The number of halogens is 1. The van der Waals surface area contributed by atoms with Gasteiger partial charge in [-0.2, -0.15) is 0 Å². The number of aryl methyl sites for hydroxylation is 1. The second-order valence-corrected chi connectivity index (χ2v) is 5.64. The minimum atomic E-state index is -0.211. The Labute approximate surface area is 125 Å². The van der Waals surface area contributed by atoms with Gasteiger partial charge in [-0.1, -0.05) is 19.1 Å². The molecule has 0 unspecified atom stereocenters. The molecule has 1 aliphatic heterocycles. The second kappa shape index (κ2) is 7.52. The number of rotatable bonds is 7. The molecule has 1 saturated heterocycles. The van der Waals surface area contributed by atoms with Crippen LogP contribution in [-0.2, 0) is 11.3 Å². The van der Waals surface area contributed by atoms with Gasteiger partial charge in [0.15, 0.2) is 0 Å². The highest BCUT2D eigenvalue weighted by atomic mass is 19.1. The fourth-order valence-corrected chi connectivity index (χ4v) is 2.47. The van der Waals surface area contributed by atoms with E-state index in [1.54, 1.807) is 19.1 Å². The van der Waals surface area contributed by atoms with Crippen LogP contribution in [0.15, 0.2) is 18.2 Å². The zero-order valence-corrected chi connectivity index (χ0v) is 12.8. The number of carbonyl (C=O) groups excluding carboxylic acids is 1. The number of nitrogens with zero attached hydrogens (tertiary/aromatic N) is 1. The Bertz CT molecular complexity index is 488. The van der Waals surface area contributed by atoms with E-state index in [2.05, 4.69) is 22.5 Å². The minimum Gasteiger partial charge on any atom is -0.351 e. The van der Waals surface area contributed by atoms with Crippen LogP contribution >= 0.6 is 0 Å². The van der Waals surface area contributed by atoms with Crippen molar-refractivity contribution in [2.75, 3.05) is 26.2 Å². The molecule has 1 aliphatic rings. The van der Waals surface area contributed by atoms with Crippen molar-refractivity contribution in [3.05, 3.63) is 35.1 Å². The van der Waals surface area contributed by atoms with E-state index in [0.717, 1.165) is 31.6 Å². The first-order chi connectivity index (χ1) is 10.1. The summed E-state index contributed by atoms with van der Waals surface area (Å²) in [6.45, 7) is 7.60. The summed E-state index contributed by atoms with van der Waals surface area (Å²) >= 11 is 0. The molecule has 1 amide bonds. The quantitative estimate of drug-likeness (QED) is 0.799.